The third-order valence-corrected chi connectivity index (χ3v) is 5.79. The molecule has 1 aromatic carbocycles. The number of benzene rings is 1. The molecule has 0 radical (unpaired) electrons. The second-order valence-corrected chi connectivity index (χ2v) is 7.16. The van der Waals surface area contributed by atoms with Crippen LogP contribution in [-0.2, 0) is 4.74 Å². The third-order valence-electron chi connectivity index (χ3n) is 5.79. The molecule has 1 heterocycles. The smallest absolute Gasteiger partial charge is 0.410 e. The zero-order chi connectivity index (χ0) is 21.9. The summed E-state index contributed by atoms with van der Waals surface area (Å²) in [6, 6.07) is 13.2. The van der Waals surface area contributed by atoms with Gasteiger partial charge in [0.15, 0.2) is 0 Å². The van der Waals surface area contributed by atoms with Gasteiger partial charge in [0.05, 0.1) is 43.6 Å². The van der Waals surface area contributed by atoms with Gasteiger partial charge in [0.25, 0.3) is 0 Å². The highest BCUT2D eigenvalue weighted by Gasteiger charge is 2.56. The van der Waals surface area contributed by atoms with E-state index in [2.05, 4.69) is 6.07 Å². The number of fused-ring (bicyclic) bond motifs is 1. The number of rotatable bonds is 3. The molecule has 1 N–H and O–H groups in total. The van der Waals surface area contributed by atoms with Gasteiger partial charge >= 0.3 is 6.09 Å². The van der Waals surface area contributed by atoms with Crippen LogP contribution in [0.2, 0.25) is 0 Å². The minimum atomic E-state index is -1.81. The molecule has 3 atom stereocenters. The maximum atomic E-state index is 12.3. The average Bonchev–Trinajstić information content (AvgIpc) is 2.78. The highest BCUT2D eigenvalue weighted by atomic mass is 16.6. The molecule has 1 amide bonds. The van der Waals surface area contributed by atoms with E-state index in [9.17, 15) is 20.6 Å². The molecule has 0 aromatic heterocycles. The molecule has 8 nitrogen and oxygen atoms in total. The summed E-state index contributed by atoms with van der Waals surface area (Å²) in [6.07, 6.45) is 1.17. The van der Waals surface area contributed by atoms with Gasteiger partial charge < -0.3 is 19.8 Å². The summed E-state index contributed by atoms with van der Waals surface area (Å²) in [6.45, 7) is 2.31. The normalized spacial score (nSPS) is 24.4. The van der Waals surface area contributed by atoms with Gasteiger partial charge in [0.1, 0.15) is 5.75 Å². The van der Waals surface area contributed by atoms with Crippen molar-refractivity contribution in [1.29, 1.82) is 21.2 Å². The lowest BCUT2D eigenvalue weighted by molar-refractivity contribution is 0.0998. The Balaban J connectivity index is 2.15. The molecule has 3 rings (SSSR count). The largest absolute Gasteiger partial charge is 0.497 e. The highest BCUT2D eigenvalue weighted by molar-refractivity contribution is 6.01. The first kappa shape index (κ1) is 20.9. The predicted octanol–water partition coefficient (Wildman–Crippen LogP) is 3.00. The van der Waals surface area contributed by atoms with Crippen molar-refractivity contribution in [3.63, 3.8) is 0 Å². The molecule has 152 valence electrons. The number of nitrogens with zero attached hydrogens (tertiary/aromatic N) is 4. The van der Waals surface area contributed by atoms with Crippen molar-refractivity contribution < 1.29 is 14.3 Å². The third kappa shape index (κ3) is 3.15. The fourth-order valence-corrected chi connectivity index (χ4v) is 4.34. The van der Waals surface area contributed by atoms with Crippen LogP contribution in [0.1, 0.15) is 18.4 Å². The summed E-state index contributed by atoms with van der Waals surface area (Å²) >= 11 is 0. The molecule has 0 unspecified atom stereocenters. The Morgan fingerprint density at radius 3 is 2.47 bits per heavy atom. The Morgan fingerprint density at radius 2 is 1.93 bits per heavy atom. The molecule has 0 bridgehead atoms. The lowest BCUT2D eigenvalue weighted by Gasteiger charge is -2.47. The van der Waals surface area contributed by atoms with Crippen LogP contribution in [0.25, 0.3) is 0 Å². The van der Waals surface area contributed by atoms with Gasteiger partial charge in [-0.2, -0.15) is 15.8 Å². The quantitative estimate of drug-likeness (QED) is 0.771. The minimum Gasteiger partial charge on any atom is -0.497 e. The summed E-state index contributed by atoms with van der Waals surface area (Å²) in [5.41, 5.74) is -0.777. The molecule has 1 saturated carbocycles. The zero-order valence-electron chi connectivity index (χ0n) is 16.8. The molecule has 30 heavy (non-hydrogen) atoms. The SMILES string of the molecule is CCOC(=O)N1CC=C2[C@@H](C1)[C@H](c1ccc(OC)cc1)[C@H](C#N)C(=N)C2(C#N)C#N. The van der Waals surface area contributed by atoms with Crippen molar-refractivity contribution in [1.82, 2.24) is 4.90 Å². The van der Waals surface area contributed by atoms with Crippen molar-refractivity contribution in [2.24, 2.45) is 17.3 Å². The Kier molecular flexibility index (Phi) is 5.76. The monoisotopic (exact) mass is 403 g/mol. The van der Waals surface area contributed by atoms with Crippen LogP contribution < -0.4 is 4.74 Å². The fraction of sp³-hybridized carbons (Fsp3) is 0.409. The van der Waals surface area contributed by atoms with E-state index in [1.54, 1.807) is 32.2 Å². The number of carbonyl (C=O) groups excluding carboxylic acids is 1. The lowest BCUT2D eigenvalue weighted by Crippen LogP contribution is -2.53. The van der Waals surface area contributed by atoms with Crippen LogP contribution in [-0.4, -0.2) is 43.5 Å². The number of hydrogen-bond acceptors (Lipinski definition) is 7. The molecule has 0 saturated heterocycles. The predicted molar refractivity (Wildman–Crippen MR) is 106 cm³/mol. The number of carbonyl (C=O) groups is 1. The van der Waals surface area contributed by atoms with Gasteiger partial charge in [-0.05, 0) is 30.2 Å². The maximum absolute atomic E-state index is 12.3. The Morgan fingerprint density at radius 1 is 1.27 bits per heavy atom. The number of ether oxygens (including phenoxy) is 2. The van der Waals surface area contributed by atoms with E-state index in [-0.39, 0.29) is 25.4 Å². The summed E-state index contributed by atoms with van der Waals surface area (Å²) in [7, 11) is 1.55. The topological polar surface area (TPSA) is 134 Å². The maximum Gasteiger partial charge on any atom is 0.410 e. The van der Waals surface area contributed by atoms with Crippen LogP contribution in [0.4, 0.5) is 4.79 Å². The first-order valence-electron chi connectivity index (χ1n) is 9.54. The number of amides is 1. The van der Waals surface area contributed by atoms with E-state index in [4.69, 9.17) is 14.9 Å². The lowest BCUT2D eigenvalue weighted by atomic mass is 9.55. The Bertz CT molecular complexity index is 995. The van der Waals surface area contributed by atoms with Crippen LogP contribution in [0.3, 0.4) is 0 Å². The molecular weight excluding hydrogens is 382 g/mol. The standard InChI is InChI=1S/C22H21N5O3/c1-3-30-21(28)27-9-8-18-17(11-27)19(14-4-6-15(29-2)7-5-14)16(10-23)20(26)22(18,12-24)13-25/h4-8,16-17,19,26H,3,9,11H2,1-2H3/t16-,17+,19+/m0/s1. The molecule has 0 spiro atoms. The van der Waals surface area contributed by atoms with E-state index in [1.165, 1.54) is 4.90 Å². The van der Waals surface area contributed by atoms with Gasteiger partial charge in [-0.3, -0.25) is 0 Å². The first-order chi connectivity index (χ1) is 14.5. The first-order valence-corrected chi connectivity index (χ1v) is 9.54. The van der Waals surface area contributed by atoms with Crippen LogP contribution in [0, 0.1) is 56.7 Å². The average molecular weight is 403 g/mol. The second kappa shape index (κ2) is 8.27. The van der Waals surface area contributed by atoms with Gasteiger partial charge in [-0.25, -0.2) is 4.79 Å². The van der Waals surface area contributed by atoms with Crippen LogP contribution in [0.15, 0.2) is 35.9 Å². The van der Waals surface area contributed by atoms with Crippen LogP contribution in [0.5, 0.6) is 5.75 Å². The van der Waals surface area contributed by atoms with E-state index in [0.29, 0.717) is 11.3 Å². The van der Waals surface area contributed by atoms with E-state index in [1.807, 2.05) is 24.3 Å². The summed E-state index contributed by atoms with van der Waals surface area (Å²) in [5, 5.41) is 38.2. The summed E-state index contributed by atoms with van der Waals surface area (Å²) < 4.78 is 10.3. The molecule has 8 heteroatoms. The van der Waals surface area contributed by atoms with E-state index < -0.39 is 29.3 Å². The highest BCUT2D eigenvalue weighted by Crippen LogP contribution is 2.52. The van der Waals surface area contributed by atoms with Gasteiger partial charge in [-0.1, -0.05) is 18.2 Å². The Hall–Kier alpha value is -3.83. The van der Waals surface area contributed by atoms with Crippen molar-refractivity contribution in [2.75, 3.05) is 26.8 Å². The van der Waals surface area contributed by atoms with Crippen molar-refractivity contribution in [2.45, 2.75) is 12.8 Å². The molecule has 2 aliphatic rings. The fourth-order valence-electron chi connectivity index (χ4n) is 4.34. The molecule has 1 aliphatic carbocycles. The molecular formula is C22H21N5O3. The van der Waals surface area contributed by atoms with E-state index >= 15 is 0 Å². The Labute approximate surface area is 175 Å². The molecule has 1 aromatic rings. The number of methoxy groups -OCH3 is 1. The minimum absolute atomic E-state index is 0.176. The molecule has 1 aliphatic heterocycles. The zero-order valence-corrected chi connectivity index (χ0v) is 16.8. The van der Waals surface area contributed by atoms with Gasteiger partial charge in [-0.15, -0.1) is 0 Å². The van der Waals surface area contributed by atoms with Gasteiger partial charge in [0, 0.05) is 24.9 Å². The van der Waals surface area contributed by atoms with Crippen molar-refractivity contribution in [3.8, 4) is 24.0 Å². The molecule has 1 fully saturated rings. The summed E-state index contributed by atoms with van der Waals surface area (Å²) in [5.74, 6) is -1.31. The summed E-state index contributed by atoms with van der Waals surface area (Å²) in [4.78, 5) is 13.8. The van der Waals surface area contributed by atoms with Gasteiger partial charge in [0.2, 0.25) is 5.41 Å². The number of nitrogens with one attached hydrogen (secondary N) is 1. The van der Waals surface area contributed by atoms with Crippen molar-refractivity contribution >= 4 is 11.8 Å². The second-order valence-electron chi connectivity index (χ2n) is 7.16. The van der Waals surface area contributed by atoms with Crippen molar-refractivity contribution in [3.05, 3.63) is 41.5 Å². The number of nitriles is 3. The number of hydrogen-bond donors (Lipinski definition) is 1. The van der Waals surface area contributed by atoms with E-state index in [0.717, 1.165) is 5.56 Å². The van der Waals surface area contributed by atoms with Crippen LogP contribution >= 0.6 is 0 Å².